The van der Waals surface area contributed by atoms with Crippen molar-refractivity contribution in [2.45, 2.75) is 12.8 Å². The lowest BCUT2D eigenvalue weighted by molar-refractivity contribution is 0.0697. The highest BCUT2D eigenvalue weighted by atomic mass is 19.1. The van der Waals surface area contributed by atoms with E-state index in [9.17, 15) is 9.18 Å². The first kappa shape index (κ1) is 11.8. The van der Waals surface area contributed by atoms with Crippen molar-refractivity contribution in [2.75, 3.05) is 24.7 Å². The van der Waals surface area contributed by atoms with Crippen molar-refractivity contribution in [1.82, 2.24) is 4.98 Å². The summed E-state index contributed by atoms with van der Waals surface area (Å²) in [6.07, 6.45) is 3.31. The van der Waals surface area contributed by atoms with Gasteiger partial charge in [0.2, 0.25) is 0 Å². The van der Waals surface area contributed by atoms with E-state index in [4.69, 9.17) is 5.11 Å². The standard InChI is InChI=1S/C12H15FN2O2/c13-7-9-3-2-6-15(8-9)11-10(12(16)17)4-1-5-14-11/h1,4-5,9H,2-3,6-8H2,(H,16,17). The van der Waals surface area contributed by atoms with Gasteiger partial charge in [0.25, 0.3) is 0 Å². The molecule has 2 rings (SSSR count). The predicted molar refractivity (Wildman–Crippen MR) is 62.1 cm³/mol. The Bertz CT molecular complexity index is 411. The number of carboxylic acids is 1. The Morgan fingerprint density at radius 2 is 2.47 bits per heavy atom. The third-order valence-electron chi connectivity index (χ3n) is 3.05. The fourth-order valence-corrected chi connectivity index (χ4v) is 2.20. The van der Waals surface area contributed by atoms with Crippen LogP contribution in [-0.4, -0.2) is 35.8 Å². The fraction of sp³-hybridized carbons (Fsp3) is 0.500. The summed E-state index contributed by atoms with van der Waals surface area (Å²) in [4.78, 5) is 17.1. The second kappa shape index (κ2) is 5.12. The Kier molecular flexibility index (Phi) is 3.56. The van der Waals surface area contributed by atoms with Gasteiger partial charge in [-0.3, -0.25) is 4.39 Å². The molecule has 1 aliphatic heterocycles. The van der Waals surface area contributed by atoms with Crippen LogP contribution in [-0.2, 0) is 0 Å². The summed E-state index contributed by atoms with van der Waals surface area (Å²) < 4.78 is 12.7. The zero-order chi connectivity index (χ0) is 12.3. The molecule has 1 aromatic rings. The summed E-state index contributed by atoms with van der Waals surface area (Å²) in [5.74, 6) is -0.541. The number of halogens is 1. The van der Waals surface area contributed by atoms with Crippen molar-refractivity contribution in [3.63, 3.8) is 0 Å². The van der Waals surface area contributed by atoms with Crippen LogP contribution in [0.1, 0.15) is 23.2 Å². The number of nitrogens with zero attached hydrogens (tertiary/aromatic N) is 2. The molecule has 0 aliphatic carbocycles. The van der Waals surface area contributed by atoms with Crippen molar-refractivity contribution < 1.29 is 14.3 Å². The maximum absolute atomic E-state index is 12.7. The van der Waals surface area contributed by atoms with E-state index in [0.29, 0.717) is 12.4 Å². The second-order valence-electron chi connectivity index (χ2n) is 4.29. The lowest BCUT2D eigenvalue weighted by atomic mass is 9.99. The molecule has 1 aromatic heterocycles. The smallest absolute Gasteiger partial charge is 0.339 e. The molecule has 0 spiro atoms. The van der Waals surface area contributed by atoms with Gasteiger partial charge in [0.1, 0.15) is 11.4 Å². The molecule has 5 heteroatoms. The number of alkyl halides is 1. The van der Waals surface area contributed by atoms with Crippen LogP contribution in [0, 0.1) is 5.92 Å². The quantitative estimate of drug-likeness (QED) is 0.874. The summed E-state index contributed by atoms with van der Waals surface area (Å²) in [5.41, 5.74) is 0.187. The van der Waals surface area contributed by atoms with Crippen molar-refractivity contribution in [1.29, 1.82) is 0 Å². The molecule has 0 amide bonds. The third-order valence-corrected chi connectivity index (χ3v) is 3.05. The van der Waals surface area contributed by atoms with E-state index < -0.39 is 5.97 Å². The molecule has 1 aliphatic rings. The first-order chi connectivity index (χ1) is 8.22. The Labute approximate surface area is 99.1 Å². The largest absolute Gasteiger partial charge is 0.478 e. The molecular weight excluding hydrogens is 223 g/mol. The minimum atomic E-state index is -0.990. The molecule has 0 saturated carbocycles. The van der Waals surface area contributed by atoms with Crippen LogP contribution in [0.3, 0.4) is 0 Å². The highest BCUT2D eigenvalue weighted by Gasteiger charge is 2.24. The number of aromatic nitrogens is 1. The molecule has 2 heterocycles. The average molecular weight is 238 g/mol. The number of hydrogen-bond donors (Lipinski definition) is 1. The number of carboxylic acid groups (broad SMARTS) is 1. The Hall–Kier alpha value is -1.65. The van der Waals surface area contributed by atoms with E-state index in [-0.39, 0.29) is 18.2 Å². The summed E-state index contributed by atoms with van der Waals surface area (Å²) in [7, 11) is 0. The van der Waals surface area contributed by atoms with Crippen molar-refractivity contribution in [3.8, 4) is 0 Å². The second-order valence-corrected chi connectivity index (χ2v) is 4.29. The molecule has 0 bridgehead atoms. The molecule has 1 atom stereocenters. The van der Waals surface area contributed by atoms with Gasteiger partial charge >= 0.3 is 5.97 Å². The number of piperidine rings is 1. The normalized spacial score (nSPS) is 20.3. The van der Waals surface area contributed by atoms with Gasteiger partial charge in [-0.15, -0.1) is 0 Å². The topological polar surface area (TPSA) is 53.4 Å². The predicted octanol–water partition coefficient (Wildman–Crippen LogP) is 1.97. The number of carbonyl (C=O) groups is 1. The van der Waals surface area contributed by atoms with Gasteiger partial charge in [0.05, 0.1) is 6.67 Å². The maximum Gasteiger partial charge on any atom is 0.339 e. The van der Waals surface area contributed by atoms with Gasteiger partial charge in [-0.25, -0.2) is 9.78 Å². The van der Waals surface area contributed by atoms with Gasteiger partial charge < -0.3 is 10.0 Å². The van der Waals surface area contributed by atoms with Crippen LogP contribution < -0.4 is 4.90 Å². The van der Waals surface area contributed by atoms with Gasteiger partial charge in [-0.2, -0.15) is 0 Å². The molecule has 1 saturated heterocycles. The maximum atomic E-state index is 12.7. The molecule has 4 nitrogen and oxygen atoms in total. The number of hydrogen-bond acceptors (Lipinski definition) is 3. The molecule has 1 N–H and O–H groups in total. The van der Waals surface area contributed by atoms with Crippen LogP contribution in [0.25, 0.3) is 0 Å². The van der Waals surface area contributed by atoms with E-state index in [1.54, 1.807) is 12.3 Å². The van der Waals surface area contributed by atoms with E-state index in [2.05, 4.69) is 4.98 Å². The van der Waals surface area contributed by atoms with Crippen LogP contribution in [0.2, 0.25) is 0 Å². The average Bonchev–Trinajstić information content (AvgIpc) is 2.39. The highest BCUT2D eigenvalue weighted by Crippen LogP contribution is 2.24. The molecular formula is C12H15FN2O2. The van der Waals surface area contributed by atoms with E-state index >= 15 is 0 Å². The third kappa shape index (κ3) is 2.54. The van der Waals surface area contributed by atoms with Crippen LogP contribution in [0.15, 0.2) is 18.3 Å². The number of aromatic carboxylic acids is 1. The number of pyridine rings is 1. The van der Waals surface area contributed by atoms with E-state index in [1.165, 1.54) is 6.07 Å². The van der Waals surface area contributed by atoms with Gasteiger partial charge in [-0.1, -0.05) is 0 Å². The zero-order valence-corrected chi connectivity index (χ0v) is 9.47. The molecule has 92 valence electrons. The first-order valence-electron chi connectivity index (χ1n) is 5.71. The summed E-state index contributed by atoms with van der Waals surface area (Å²) in [6.45, 7) is 0.938. The highest BCUT2D eigenvalue weighted by molar-refractivity contribution is 5.93. The molecule has 1 unspecified atom stereocenters. The Morgan fingerprint density at radius 1 is 1.65 bits per heavy atom. The van der Waals surface area contributed by atoms with Gasteiger partial charge in [0.15, 0.2) is 0 Å². The minimum absolute atomic E-state index is 0.00704. The lowest BCUT2D eigenvalue weighted by Crippen LogP contribution is -2.37. The molecule has 1 fully saturated rings. The van der Waals surface area contributed by atoms with Crippen LogP contribution in [0.5, 0.6) is 0 Å². The number of rotatable bonds is 3. The Morgan fingerprint density at radius 3 is 3.18 bits per heavy atom. The van der Waals surface area contributed by atoms with Crippen LogP contribution in [0.4, 0.5) is 10.2 Å². The van der Waals surface area contributed by atoms with Crippen molar-refractivity contribution in [3.05, 3.63) is 23.9 Å². The SMILES string of the molecule is O=C(O)c1cccnc1N1CCCC(CF)C1. The molecule has 0 radical (unpaired) electrons. The molecule has 17 heavy (non-hydrogen) atoms. The zero-order valence-electron chi connectivity index (χ0n) is 9.47. The summed E-state index contributed by atoms with van der Waals surface area (Å²) in [6, 6.07) is 3.13. The van der Waals surface area contributed by atoms with Gasteiger partial charge in [0, 0.05) is 25.2 Å². The van der Waals surface area contributed by atoms with Crippen LogP contribution >= 0.6 is 0 Å². The number of anilines is 1. The fourth-order valence-electron chi connectivity index (χ4n) is 2.20. The summed E-state index contributed by atoms with van der Waals surface area (Å²) in [5, 5.41) is 9.08. The Balaban J connectivity index is 2.24. The van der Waals surface area contributed by atoms with E-state index in [0.717, 1.165) is 19.4 Å². The van der Waals surface area contributed by atoms with Gasteiger partial charge in [-0.05, 0) is 25.0 Å². The minimum Gasteiger partial charge on any atom is -0.478 e. The van der Waals surface area contributed by atoms with E-state index in [1.807, 2.05) is 4.90 Å². The van der Waals surface area contributed by atoms with Crippen molar-refractivity contribution >= 4 is 11.8 Å². The molecule has 0 aromatic carbocycles. The van der Waals surface area contributed by atoms with Crippen molar-refractivity contribution in [2.24, 2.45) is 5.92 Å². The summed E-state index contributed by atoms with van der Waals surface area (Å²) >= 11 is 0. The monoisotopic (exact) mass is 238 g/mol. The first-order valence-corrected chi connectivity index (χ1v) is 5.71. The lowest BCUT2D eigenvalue weighted by Gasteiger charge is -2.32.